The van der Waals surface area contributed by atoms with Crippen molar-refractivity contribution in [3.63, 3.8) is 0 Å². The van der Waals surface area contributed by atoms with Crippen LogP contribution in [0.25, 0.3) is 0 Å². The number of ether oxygens (including phenoxy) is 1. The first-order valence-electron chi connectivity index (χ1n) is 3.65. The summed E-state index contributed by atoms with van der Waals surface area (Å²) in [6.07, 6.45) is 2.75. The van der Waals surface area contributed by atoms with Gasteiger partial charge in [-0.2, -0.15) is 0 Å². The Kier molecular flexibility index (Phi) is 5.84. The molecular formula is C8H14O3S. The van der Waals surface area contributed by atoms with Crippen LogP contribution < -0.4 is 0 Å². The Morgan fingerprint density at radius 3 is 2.83 bits per heavy atom. The van der Waals surface area contributed by atoms with Crippen LogP contribution in [-0.2, 0) is 20.7 Å². The van der Waals surface area contributed by atoms with Crippen LogP contribution in [-0.4, -0.2) is 29.1 Å². The van der Waals surface area contributed by atoms with E-state index in [1.54, 1.807) is 6.26 Å². The highest BCUT2D eigenvalue weighted by Gasteiger charge is 2.09. The summed E-state index contributed by atoms with van der Waals surface area (Å²) in [5.74, 6) is 0.271. The highest BCUT2D eigenvalue weighted by atomic mass is 32.2. The topological polar surface area (TPSA) is 49.4 Å². The number of carbonyl (C=O) groups excluding carboxylic acids is 1. The van der Waals surface area contributed by atoms with Crippen molar-refractivity contribution in [2.45, 2.75) is 6.92 Å². The minimum absolute atomic E-state index is 0.139. The lowest BCUT2D eigenvalue weighted by Gasteiger charge is -2.11. The summed E-state index contributed by atoms with van der Waals surface area (Å²) in [5, 5.41) is 0. The molecule has 0 N–H and O–H groups in total. The van der Waals surface area contributed by atoms with E-state index in [2.05, 4.69) is 6.58 Å². The van der Waals surface area contributed by atoms with Crippen molar-refractivity contribution >= 4 is 17.1 Å². The monoisotopic (exact) mass is 190 g/mol. The fraction of sp³-hybridized carbons (Fsp3) is 0.625. The van der Waals surface area contributed by atoms with Crippen LogP contribution in [0.15, 0.2) is 12.7 Å². The minimum atomic E-state index is -0.829. The van der Waals surface area contributed by atoms with Gasteiger partial charge in [-0.25, -0.2) is 4.79 Å². The van der Waals surface area contributed by atoms with Gasteiger partial charge in [0.2, 0.25) is 0 Å². The quantitative estimate of drug-likeness (QED) is 0.365. The van der Waals surface area contributed by atoms with Crippen molar-refractivity contribution in [3.05, 3.63) is 12.7 Å². The van der Waals surface area contributed by atoms with Gasteiger partial charge in [0, 0.05) is 12.0 Å². The van der Waals surface area contributed by atoms with Crippen LogP contribution in [0.2, 0.25) is 0 Å². The maximum atomic E-state index is 10.7. The molecule has 0 amide bonds. The molecule has 0 aliphatic heterocycles. The molecule has 0 saturated heterocycles. The first kappa shape index (κ1) is 11.5. The van der Waals surface area contributed by atoms with Crippen molar-refractivity contribution in [2.75, 3.05) is 18.6 Å². The lowest BCUT2D eigenvalue weighted by atomic mass is 10.2. The van der Waals surface area contributed by atoms with Crippen LogP contribution in [0, 0.1) is 5.92 Å². The first-order chi connectivity index (χ1) is 5.56. The van der Waals surface area contributed by atoms with Gasteiger partial charge in [-0.15, -0.1) is 0 Å². The Bertz CT molecular complexity index is 156. The number of rotatable bonds is 5. The molecule has 4 heteroatoms. The molecule has 0 heterocycles. The van der Waals surface area contributed by atoms with Crippen molar-refractivity contribution in [2.24, 2.45) is 5.92 Å². The van der Waals surface area contributed by atoms with Crippen LogP contribution >= 0.6 is 0 Å². The Morgan fingerprint density at radius 2 is 2.42 bits per heavy atom. The normalized spacial score (nSPS) is 14.9. The smallest absolute Gasteiger partial charge is 0.330 e. The maximum absolute atomic E-state index is 10.7. The van der Waals surface area contributed by atoms with E-state index in [9.17, 15) is 9.35 Å². The fourth-order valence-corrected chi connectivity index (χ4v) is 1.63. The van der Waals surface area contributed by atoms with E-state index in [1.807, 2.05) is 6.92 Å². The molecule has 0 radical (unpaired) electrons. The van der Waals surface area contributed by atoms with E-state index in [1.165, 1.54) is 0 Å². The molecule has 2 unspecified atom stereocenters. The Hall–Kier alpha value is -0.480. The summed E-state index contributed by atoms with van der Waals surface area (Å²) < 4.78 is 15.5. The van der Waals surface area contributed by atoms with E-state index in [0.717, 1.165) is 6.08 Å². The third-order valence-corrected chi connectivity index (χ3v) is 2.23. The number of hydrogen-bond donors (Lipinski definition) is 0. The average Bonchev–Trinajstić information content (AvgIpc) is 1.99. The summed E-state index contributed by atoms with van der Waals surface area (Å²) >= 11 is -0.829. The first-order valence-corrected chi connectivity index (χ1v) is 5.38. The van der Waals surface area contributed by atoms with E-state index >= 15 is 0 Å². The Labute approximate surface area is 76.0 Å². The lowest BCUT2D eigenvalue weighted by Crippen LogP contribution is -2.18. The second-order valence-corrected chi connectivity index (χ2v) is 4.16. The molecule has 0 aromatic rings. The molecule has 3 nitrogen and oxygen atoms in total. The summed E-state index contributed by atoms with van der Waals surface area (Å²) in [6.45, 7) is 5.46. The standard InChI is InChI=1S/C8H14O3S/c1-4-8(9)11-5-7(2)6-12(3)10/h4,7H,1,5-6H2,2-3H3. The third kappa shape index (κ3) is 6.24. The molecule has 0 aromatic heterocycles. The molecule has 0 rings (SSSR count). The van der Waals surface area contributed by atoms with Crippen molar-refractivity contribution in [1.82, 2.24) is 0 Å². The van der Waals surface area contributed by atoms with E-state index in [0.29, 0.717) is 12.4 Å². The molecule has 0 bridgehead atoms. The van der Waals surface area contributed by atoms with Gasteiger partial charge < -0.3 is 9.29 Å². The highest BCUT2D eigenvalue weighted by Crippen LogP contribution is 2.00. The Balaban J connectivity index is 3.49. The van der Waals surface area contributed by atoms with Crippen LogP contribution in [0.5, 0.6) is 0 Å². The summed E-state index contributed by atoms with van der Waals surface area (Å²) in [6, 6.07) is 0. The summed E-state index contributed by atoms with van der Waals surface area (Å²) in [7, 11) is 0. The van der Waals surface area contributed by atoms with Crippen LogP contribution in [0.3, 0.4) is 0 Å². The van der Waals surface area contributed by atoms with Gasteiger partial charge >= 0.3 is 5.97 Å². The van der Waals surface area contributed by atoms with Gasteiger partial charge in [0.1, 0.15) is 5.75 Å². The van der Waals surface area contributed by atoms with E-state index in [4.69, 9.17) is 4.74 Å². The minimum Gasteiger partial charge on any atom is -0.617 e. The molecule has 0 saturated carbocycles. The highest BCUT2D eigenvalue weighted by molar-refractivity contribution is 7.90. The van der Waals surface area contributed by atoms with Crippen LogP contribution in [0.1, 0.15) is 6.92 Å². The van der Waals surface area contributed by atoms with Crippen molar-refractivity contribution in [1.29, 1.82) is 0 Å². The summed E-state index contributed by atoms with van der Waals surface area (Å²) in [5.41, 5.74) is 0. The largest absolute Gasteiger partial charge is 0.617 e. The molecule has 12 heavy (non-hydrogen) atoms. The van der Waals surface area contributed by atoms with Gasteiger partial charge in [-0.3, -0.25) is 0 Å². The number of hydrogen-bond acceptors (Lipinski definition) is 3. The molecule has 0 aliphatic carbocycles. The molecule has 2 atom stereocenters. The third-order valence-electron chi connectivity index (χ3n) is 1.20. The number of carbonyl (C=O) groups is 1. The zero-order valence-corrected chi connectivity index (χ0v) is 8.23. The zero-order valence-electron chi connectivity index (χ0n) is 7.41. The molecular weight excluding hydrogens is 176 g/mol. The van der Waals surface area contributed by atoms with Gasteiger partial charge in [0.05, 0.1) is 12.9 Å². The predicted octanol–water partition coefficient (Wildman–Crippen LogP) is 0.730. The molecule has 0 spiro atoms. The second-order valence-electron chi connectivity index (χ2n) is 2.68. The molecule has 70 valence electrons. The van der Waals surface area contributed by atoms with Gasteiger partial charge in [-0.05, 0) is 0 Å². The predicted molar refractivity (Wildman–Crippen MR) is 49.3 cm³/mol. The van der Waals surface area contributed by atoms with Crippen molar-refractivity contribution < 1.29 is 14.1 Å². The fourth-order valence-electron chi connectivity index (χ4n) is 0.732. The zero-order chi connectivity index (χ0) is 9.56. The van der Waals surface area contributed by atoms with Crippen molar-refractivity contribution in [3.8, 4) is 0 Å². The molecule has 0 fully saturated rings. The van der Waals surface area contributed by atoms with Gasteiger partial charge in [0.15, 0.2) is 0 Å². The van der Waals surface area contributed by atoms with E-state index in [-0.39, 0.29) is 5.92 Å². The molecule has 0 aromatic carbocycles. The van der Waals surface area contributed by atoms with Gasteiger partial charge in [0.25, 0.3) is 0 Å². The van der Waals surface area contributed by atoms with Gasteiger partial charge in [-0.1, -0.05) is 24.7 Å². The second kappa shape index (κ2) is 6.08. The lowest BCUT2D eigenvalue weighted by molar-refractivity contribution is -0.138. The van der Waals surface area contributed by atoms with E-state index < -0.39 is 17.1 Å². The maximum Gasteiger partial charge on any atom is 0.330 e. The van der Waals surface area contributed by atoms with Crippen LogP contribution in [0.4, 0.5) is 0 Å². The average molecular weight is 190 g/mol. The Morgan fingerprint density at radius 1 is 1.83 bits per heavy atom. The summed E-state index contributed by atoms with van der Waals surface area (Å²) in [4.78, 5) is 10.6. The SMILES string of the molecule is C=CC(=O)OCC(C)C[S+](C)[O-]. The molecule has 0 aliphatic rings. The number of esters is 1.